The molecule has 1 aromatic rings. The fourth-order valence-corrected chi connectivity index (χ4v) is 3.39. The van der Waals surface area contributed by atoms with Crippen LogP contribution >= 0.6 is 11.8 Å². The molecule has 0 radical (unpaired) electrons. The maximum atomic E-state index is 11.7. The summed E-state index contributed by atoms with van der Waals surface area (Å²) in [5.74, 6) is -0.173. The first kappa shape index (κ1) is 18.2. The maximum absolute atomic E-state index is 11.7. The summed E-state index contributed by atoms with van der Waals surface area (Å²) in [5, 5.41) is 10.8. The van der Waals surface area contributed by atoms with E-state index in [1.807, 2.05) is 24.3 Å². The first-order chi connectivity index (χ1) is 12.6. The van der Waals surface area contributed by atoms with Crippen LogP contribution in [0.15, 0.2) is 45.4 Å². The zero-order valence-corrected chi connectivity index (χ0v) is 15.1. The van der Waals surface area contributed by atoms with Crippen molar-refractivity contribution >= 4 is 35.0 Å². The van der Waals surface area contributed by atoms with Crippen molar-refractivity contribution in [2.24, 2.45) is 10.2 Å². The summed E-state index contributed by atoms with van der Waals surface area (Å²) in [4.78, 5) is 23.1. The number of rotatable bonds is 5. The first-order valence-corrected chi connectivity index (χ1v) is 9.12. The Bertz CT molecular complexity index is 782. The average molecular weight is 373 g/mol. The van der Waals surface area contributed by atoms with Gasteiger partial charge in [0.15, 0.2) is 5.17 Å². The number of amidine groups is 1. The third-order valence-electron chi connectivity index (χ3n) is 3.92. The summed E-state index contributed by atoms with van der Waals surface area (Å²) in [6.45, 7) is 0. The highest BCUT2D eigenvalue weighted by atomic mass is 32.2. The second kappa shape index (κ2) is 8.66. The molecule has 0 aromatic heterocycles. The molecule has 26 heavy (non-hydrogen) atoms. The third kappa shape index (κ3) is 4.95. The van der Waals surface area contributed by atoms with E-state index < -0.39 is 11.9 Å². The fourth-order valence-electron chi connectivity index (χ4n) is 2.66. The maximum Gasteiger partial charge on any atom is 0.331 e. The summed E-state index contributed by atoms with van der Waals surface area (Å²) in [7, 11) is 1.25. The van der Waals surface area contributed by atoms with Gasteiger partial charge >= 0.3 is 5.97 Å². The van der Waals surface area contributed by atoms with E-state index in [0.717, 1.165) is 42.0 Å². The number of nitrogens with zero attached hydrogens (tertiary/aromatic N) is 2. The molecule has 3 rings (SSSR count). The van der Waals surface area contributed by atoms with Crippen LogP contribution in [0.5, 0.6) is 5.75 Å². The third-order valence-corrected chi connectivity index (χ3v) is 4.82. The Morgan fingerprint density at radius 1 is 1.35 bits per heavy atom. The Hall–Kier alpha value is -2.61. The molecule has 8 heteroatoms. The van der Waals surface area contributed by atoms with E-state index in [2.05, 4.69) is 20.3 Å². The molecule has 1 N–H and O–H groups in total. The van der Waals surface area contributed by atoms with E-state index in [0.29, 0.717) is 11.3 Å². The van der Waals surface area contributed by atoms with E-state index in [4.69, 9.17) is 4.74 Å². The smallest absolute Gasteiger partial charge is 0.331 e. The number of esters is 1. The van der Waals surface area contributed by atoms with Crippen LogP contribution in [0.1, 0.15) is 31.2 Å². The predicted molar refractivity (Wildman–Crippen MR) is 100 cm³/mol. The van der Waals surface area contributed by atoms with Gasteiger partial charge in [0.1, 0.15) is 5.75 Å². The zero-order valence-electron chi connectivity index (χ0n) is 14.3. The SMILES string of the molecule is COC(=O)/C=C1/S/C(=N\N=Cc2cccc(OC3CCCC3)c2)NC1=O. The molecular weight excluding hydrogens is 354 g/mol. The van der Waals surface area contributed by atoms with E-state index in [1.54, 1.807) is 6.21 Å². The minimum Gasteiger partial charge on any atom is -0.490 e. The molecular formula is C18H19N3O4S. The first-order valence-electron chi connectivity index (χ1n) is 8.30. The highest BCUT2D eigenvalue weighted by Gasteiger charge is 2.25. The van der Waals surface area contributed by atoms with Gasteiger partial charge in [-0.3, -0.25) is 10.1 Å². The van der Waals surface area contributed by atoms with E-state index in [1.165, 1.54) is 20.0 Å². The lowest BCUT2D eigenvalue weighted by atomic mass is 10.2. The standard InChI is InChI=1S/C18H19N3O4S/c1-24-16(22)10-15-17(23)20-18(26-15)21-19-11-12-5-4-8-14(9-12)25-13-6-2-3-7-13/h4-5,8-11,13H,2-3,6-7H2,1H3,(H,20,21,23)/b15-10+,19-11?. The summed E-state index contributed by atoms with van der Waals surface area (Å²) >= 11 is 1.03. The van der Waals surface area contributed by atoms with Gasteiger partial charge in [-0.25, -0.2) is 4.79 Å². The average Bonchev–Trinajstić information content (AvgIpc) is 3.25. The molecule has 1 heterocycles. The normalized spacial score (nSPS) is 20.9. The summed E-state index contributed by atoms with van der Waals surface area (Å²) < 4.78 is 10.5. The molecule has 2 aliphatic rings. The van der Waals surface area contributed by atoms with Crippen molar-refractivity contribution in [3.8, 4) is 5.75 Å². The van der Waals surface area contributed by atoms with Gasteiger partial charge in [-0.1, -0.05) is 12.1 Å². The van der Waals surface area contributed by atoms with Gasteiger partial charge in [-0.2, -0.15) is 5.10 Å². The minimum absolute atomic E-state index is 0.220. The zero-order chi connectivity index (χ0) is 18.4. The van der Waals surface area contributed by atoms with Gasteiger partial charge in [-0.05, 0) is 55.1 Å². The van der Waals surface area contributed by atoms with Crippen LogP contribution in [0, 0.1) is 0 Å². The van der Waals surface area contributed by atoms with Gasteiger partial charge in [0.25, 0.3) is 5.91 Å². The highest BCUT2D eigenvalue weighted by Crippen LogP contribution is 2.25. The molecule has 1 saturated heterocycles. The number of benzene rings is 1. The number of hydrogen-bond acceptors (Lipinski definition) is 7. The van der Waals surface area contributed by atoms with E-state index in [9.17, 15) is 9.59 Å². The largest absolute Gasteiger partial charge is 0.490 e. The van der Waals surface area contributed by atoms with E-state index in [-0.39, 0.29) is 4.91 Å². The number of ether oxygens (including phenoxy) is 2. The molecule has 0 unspecified atom stereocenters. The minimum atomic E-state index is -0.591. The van der Waals surface area contributed by atoms with Crippen LogP contribution in [-0.4, -0.2) is 36.5 Å². The molecule has 7 nitrogen and oxygen atoms in total. The molecule has 1 aliphatic carbocycles. The molecule has 0 spiro atoms. The summed E-state index contributed by atoms with van der Waals surface area (Å²) in [6, 6.07) is 7.64. The van der Waals surface area contributed by atoms with Crippen molar-refractivity contribution in [1.29, 1.82) is 0 Å². The van der Waals surface area contributed by atoms with Gasteiger partial charge in [0.2, 0.25) is 0 Å². The van der Waals surface area contributed by atoms with Gasteiger partial charge in [-0.15, -0.1) is 5.10 Å². The van der Waals surface area contributed by atoms with Crippen molar-refractivity contribution < 1.29 is 19.1 Å². The van der Waals surface area contributed by atoms with Crippen LogP contribution < -0.4 is 10.1 Å². The number of amides is 1. The Balaban J connectivity index is 1.61. The lowest BCUT2D eigenvalue weighted by Gasteiger charge is -2.12. The molecule has 1 aliphatic heterocycles. The van der Waals surface area contributed by atoms with E-state index >= 15 is 0 Å². The van der Waals surface area contributed by atoms with Crippen molar-refractivity contribution in [1.82, 2.24) is 5.32 Å². The second-order valence-corrected chi connectivity index (χ2v) is 6.87. The monoisotopic (exact) mass is 373 g/mol. The van der Waals surface area contributed by atoms with Crippen molar-refractivity contribution in [3.63, 3.8) is 0 Å². The fraction of sp³-hybridized carbons (Fsp3) is 0.333. The quantitative estimate of drug-likeness (QED) is 0.371. The van der Waals surface area contributed by atoms with Crippen LogP contribution in [0.2, 0.25) is 0 Å². The predicted octanol–water partition coefficient (Wildman–Crippen LogP) is 2.62. The molecule has 136 valence electrons. The molecule has 1 saturated carbocycles. The van der Waals surface area contributed by atoms with Crippen LogP contribution in [0.3, 0.4) is 0 Å². The number of nitrogens with one attached hydrogen (secondary N) is 1. The second-order valence-electron chi connectivity index (χ2n) is 5.83. The number of methoxy groups -OCH3 is 1. The Morgan fingerprint density at radius 2 is 2.15 bits per heavy atom. The highest BCUT2D eigenvalue weighted by molar-refractivity contribution is 8.18. The number of carbonyl (C=O) groups is 2. The number of hydrogen-bond donors (Lipinski definition) is 1. The summed E-state index contributed by atoms with van der Waals surface area (Å²) in [5.41, 5.74) is 0.851. The topological polar surface area (TPSA) is 89.3 Å². The molecule has 1 aromatic carbocycles. The Morgan fingerprint density at radius 3 is 2.92 bits per heavy atom. The summed E-state index contributed by atoms with van der Waals surface area (Å²) in [6.07, 6.45) is 7.65. The molecule has 0 atom stereocenters. The molecule has 1 amide bonds. The van der Waals surface area contributed by atoms with Gasteiger partial charge in [0, 0.05) is 6.08 Å². The van der Waals surface area contributed by atoms with Crippen LogP contribution in [0.25, 0.3) is 0 Å². The van der Waals surface area contributed by atoms with Crippen molar-refractivity contribution in [3.05, 3.63) is 40.8 Å². The number of thioether (sulfide) groups is 1. The molecule has 0 bridgehead atoms. The van der Waals surface area contributed by atoms with Crippen molar-refractivity contribution in [2.75, 3.05) is 7.11 Å². The Labute approximate surface area is 155 Å². The molecule has 2 fully saturated rings. The van der Waals surface area contributed by atoms with Gasteiger partial charge < -0.3 is 9.47 Å². The Kier molecular flexibility index (Phi) is 6.06. The van der Waals surface area contributed by atoms with Gasteiger partial charge in [0.05, 0.1) is 24.3 Å². The lowest BCUT2D eigenvalue weighted by molar-refractivity contribution is -0.135. The lowest BCUT2D eigenvalue weighted by Crippen LogP contribution is -2.19. The number of carbonyl (C=O) groups excluding carboxylic acids is 2. The van der Waals surface area contributed by atoms with Crippen LogP contribution in [-0.2, 0) is 14.3 Å². The van der Waals surface area contributed by atoms with Crippen molar-refractivity contribution in [2.45, 2.75) is 31.8 Å². The van der Waals surface area contributed by atoms with Crippen LogP contribution in [0.4, 0.5) is 0 Å².